The first-order valence-electron chi connectivity index (χ1n) is 14.5. The number of benzene rings is 3. The van der Waals surface area contributed by atoms with Crippen LogP contribution in [0.25, 0.3) is 6.08 Å². The number of primary amides is 1. The molecule has 3 aromatic carbocycles. The zero-order valence-electron chi connectivity index (χ0n) is 24.2. The summed E-state index contributed by atoms with van der Waals surface area (Å²) in [6.07, 6.45) is 5.19. The lowest BCUT2D eigenvalue weighted by Gasteiger charge is -2.32. The molecule has 0 radical (unpaired) electrons. The fourth-order valence-corrected chi connectivity index (χ4v) is 6.16. The van der Waals surface area contributed by atoms with Gasteiger partial charge in [-0.2, -0.15) is 0 Å². The van der Waals surface area contributed by atoms with Crippen molar-refractivity contribution in [2.45, 2.75) is 19.3 Å². The van der Waals surface area contributed by atoms with Gasteiger partial charge in [-0.25, -0.2) is 0 Å². The number of thiocarbonyl (C=S) groups is 1. The minimum Gasteiger partial charge on any atom is -0.494 e. The van der Waals surface area contributed by atoms with Crippen LogP contribution in [0.15, 0.2) is 77.7 Å². The fourth-order valence-electron chi connectivity index (χ4n) is 4.86. The Balaban J connectivity index is 1.09. The van der Waals surface area contributed by atoms with Crippen LogP contribution in [-0.2, 0) is 4.79 Å². The van der Waals surface area contributed by atoms with Crippen molar-refractivity contribution in [1.29, 1.82) is 0 Å². The van der Waals surface area contributed by atoms with E-state index in [4.69, 9.17) is 27.4 Å². The largest absolute Gasteiger partial charge is 0.494 e. The number of rotatable bonds is 12. The number of carbonyl (C=O) groups excluding carboxylic acids is 2. The first-order chi connectivity index (χ1) is 20.9. The predicted octanol–water partition coefficient (Wildman–Crippen LogP) is 5.78. The maximum absolute atomic E-state index is 13.2. The average Bonchev–Trinajstić information content (AvgIpc) is 3.29. The lowest BCUT2D eigenvalue weighted by Crippen LogP contribution is -2.44. The van der Waals surface area contributed by atoms with Gasteiger partial charge in [-0.1, -0.05) is 36.1 Å². The van der Waals surface area contributed by atoms with E-state index in [1.54, 1.807) is 29.2 Å². The van der Waals surface area contributed by atoms with Crippen molar-refractivity contribution in [1.82, 2.24) is 9.80 Å². The summed E-state index contributed by atoms with van der Waals surface area (Å²) in [5, 5.41) is 0. The summed E-state index contributed by atoms with van der Waals surface area (Å²) in [5.74, 6) is 1.37. The quantitative estimate of drug-likeness (QED) is 0.156. The molecule has 10 heteroatoms. The topological polar surface area (TPSA) is 88.3 Å². The second kappa shape index (κ2) is 14.7. The molecule has 0 unspecified atom stereocenters. The number of unbranched alkanes of at least 4 members (excludes halogenated alkanes) is 2. The summed E-state index contributed by atoms with van der Waals surface area (Å²) in [6.45, 7) is 6.49. The third kappa shape index (κ3) is 8.45. The van der Waals surface area contributed by atoms with E-state index in [0.29, 0.717) is 32.9 Å². The van der Waals surface area contributed by atoms with E-state index in [1.165, 1.54) is 31.3 Å². The van der Waals surface area contributed by atoms with E-state index < -0.39 is 5.91 Å². The van der Waals surface area contributed by atoms with Crippen LogP contribution in [0.1, 0.15) is 35.2 Å². The Kier molecular flexibility index (Phi) is 10.5. The standard InChI is InChI=1S/C33H36N4O4S2/c1-35-18-20-36(21-19-35)17-3-2-4-22-40-27-15-9-26(10-16-27)37-32(39)30(43-33(37)42)23-24-5-11-28(12-6-24)41-29-13-7-25(8-14-29)31(34)38/h5-16,23H,2-4,17-22H2,1H3,(H2,34,38)/b30-23-. The summed E-state index contributed by atoms with van der Waals surface area (Å²) in [6, 6.07) is 21.5. The number of hydrogen-bond donors (Lipinski definition) is 1. The molecule has 0 saturated carbocycles. The molecule has 3 aromatic rings. The fraction of sp³-hybridized carbons (Fsp3) is 0.303. The van der Waals surface area contributed by atoms with Crippen LogP contribution in [0.2, 0.25) is 0 Å². The zero-order chi connectivity index (χ0) is 30.2. The third-order valence-electron chi connectivity index (χ3n) is 7.42. The molecule has 0 bridgehead atoms. The summed E-state index contributed by atoms with van der Waals surface area (Å²) >= 11 is 6.83. The molecule has 2 aliphatic heterocycles. The van der Waals surface area contributed by atoms with Gasteiger partial charge in [-0.15, -0.1) is 0 Å². The Bertz CT molecular complexity index is 1450. The number of piperazine rings is 1. The number of anilines is 1. The van der Waals surface area contributed by atoms with E-state index >= 15 is 0 Å². The number of carbonyl (C=O) groups is 2. The van der Waals surface area contributed by atoms with Gasteiger partial charge in [-0.05, 0) is 105 Å². The van der Waals surface area contributed by atoms with Crippen molar-refractivity contribution >= 4 is 51.9 Å². The molecular weight excluding hydrogens is 581 g/mol. The van der Waals surface area contributed by atoms with Crippen molar-refractivity contribution in [3.8, 4) is 17.2 Å². The highest BCUT2D eigenvalue weighted by atomic mass is 32.2. The Hall–Kier alpha value is -3.70. The summed E-state index contributed by atoms with van der Waals surface area (Å²) in [7, 11) is 2.18. The van der Waals surface area contributed by atoms with Crippen molar-refractivity contribution in [2.24, 2.45) is 5.73 Å². The van der Waals surface area contributed by atoms with Crippen LogP contribution in [0.5, 0.6) is 17.2 Å². The summed E-state index contributed by atoms with van der Waals surface area (Å²) in [4.78, 5) is 31.5. The number of thioether (sulfide) groups is 1. The maximum Gasteiger partial charge on any atom is 0.270 e. The molecule has 8 nitrogen and oxygen atoms in total. The average molecular weight is 617 g/mol. The van der Waals surface area contributed by atoms with E-state index in [-0.39, 0.29) is 5.91 Å². The van der Waals surface area contributed by atoms with E-state index in [2.05, 4.69) is 16.8 Å². The van der Waals surface area contributed by atoms with E-state index in [9.17, 15) is 9.59 Å². The van der Waals surface area contributed by atoms with Crippen molar-refractivity contribution in [3.63, 3.8) is 0 Å². The van der Waals surface area contributed by atoms with Crippen LogP contribution in [0.3, 0.4) is 0 Å². The lowest BCUT2D eigenvalue weighted by molar-refractivity contribution is -0.113. The second-order valence-electron chi connectivity index (χ2n) is 10.6. The van der Waals surface area contributed by atoms with Gasteiger partial charge in [0.25, 0.3) is 5.91 Å². The van der Waals surface area contributed by atoms with Crippen LogP contribution in [0.4, 0.5) is 5.69 Å². The van der Waals surface area contributed by atoms with Crippen LogP contribution in [-0.4, -0.2) is 72.3 Å². The Morgan fingerprint density at radius 3 is 2.16 bits per heavy atom. The SMILES string of the molecule is CN1CCN(CCCCCOc2ccc(N3C(=O)/C(=C/c4ccc(Oc5ccc(C(N)=O)cc5)cc4)SC3=S)cc2)CC1. The maximum atomic E-state index is 13.2. The van der Waals surface area contributed by atoms with Gasteiger partial charge in [0.05, 0.1) is 17.2 Å². The molecule has 224 valence electrons. The minimum absolute atomic E-state index is 0.154. The first-order valence-corrected chi connectivity index (χ1v) is 15.7. The monoisotopic (exact) mass is 616 g/mol. The molecule has 0 aromatic heterocycles. The van der Waals surface area contributed by atoms with Gasteiger partial charge in [-0.3, -0.25) is 14.5 Å². The molecule has 2 saturated heterocycles. The smallest absolute Gasteiger partial charge is 0.270 e. The number of ether oxygens (including phenoxy) is 2. The highest BCUT2D eigenvalue weighted by molar-refractivity contribution is 8.27. The van der Waals surface area contributed by atoms with Crippen molar-refractivity contribution in [2.75, 3.05) is 51.3 Å². The third-order valence-corrected chi connectivity index (χ3v) is 8.73. The molecule has 2 heterocycles. The Morgan fingerprint density at radius 2 is 1.51 bits per heavy atom. The van der Waals surface area contributed by atoms with Gasteiger partial charge in [0.2, 0.25) is 5.91 Å². The molecule has 2 N–H and O–H groups in total. The molecule has 2 aliphatic rings. The number of likely N-dealkylation sites (N-methyl/N-ethyl adjacent to an activating group) is 1. The molecule has 43 heavy (non-hydrogen) atoms. The van der Waals surface area contributed by atoms with Crippen LogP contribution < -0.4 is 20.1 Å². The van der Waals surface area contributed by atoms with E-state index in [0.717, 1.165) is 49.5 Å². The highest BCUT2D eigenvalue weighted by Gasteiger charge is 2.33. The van der Waals surface area contributed by atoms with Gasteiger partial charge < -0.3 is 25.0 Å². The summed E-state index contributed by atoms with van der Waals surface area (Å²) < 4.78 is 12.3. The Labute approximate surface area is 262 Å². The normalized spacial score (nSPS) is 17.0. The van der Waals surface area contributed by atoms with Gasteiger partial charge in [0.15, 0.2) is 4.32 Å². The lowest BCUT2D eigenvalue weighted by atomic mass is 10.2. The Morgan fingerprint density at radius 1 is 0.884 bits per heavy atom. The first kappa shape index (κ1) is 30.7. The number of nitrogens with zero attached hydrogens (tertiary/aromatic N) is 3. The van der Waals surface area contributed by atoms with Crippen LogP contribution >= 0.6 is 24.0 Å². The minimum atomic E-state index is -0.486. The molecule has 0 atom stereocenters. The number of nitrogens with two attached hydrogens (primary N) is 1. The zero-order valence-corrected chi connectivity index (χ0v) is 25.9. The molecule has 2 amide bonds. The molecule has 2 fully saturated rings. The van der Waals surface area contributed by atoms with E-state index in [1.807, 2.05) is 54.6 Å². The van der Waals surface area contributed by atoms with Gasteiger partial charge >= 0.3 is 0 Å². The van der Waals surface area contributed by atoms with Crippen molar-refractivity contribution < 1.29 is 19.1 Å². The molecular formula is C33H36N4O4S2. The molecule has 5 rings (SSSR count). The predicted molar refractivity (Wildman–Crippen MR) is 177 cm³/mol. The second-order valence-corrected chi connectivity index (χ2v) is 12.3. The number of hydrogen-bond acceptors (Lipinski definition) is 8. The van der Waals surface area contributed by atoms with Crippen molar-refractivity contribution in [3.05, 3.63) is 88.8 Å². The van der Waals surface area contributed by atoms with Gasteiger partial charge in [0, 0.05) is 31.7 Å². The summed E-state index contributed by atoms with van der Waals surface area (Å²) in [5.41, 5.74) is 7.27. The van der Waals surface area contributed by atoms with Crippen LogP contribution in [0, 0.1) is 0 Å². The molecule has 0 aliphatic carbocycles. The van der Waals surface area contributed by atoms with Gasteiger partial charge in [0.1, 0.15) is 17.2 Å². The number of amides is 2. The highest BCUT2D eigenvalue weighted by Crippen LogP contribution is 2.37. The molecule has 0 spiro atoms.